The van der Waals surface area contributed by atoms with Crippen LogP contribution in [-0.2, 0) is 6.42 Å². The van der Waals surface area contributed by atoms with Crippen molar-refractivity contribution in [3.05, 3.63) is 25.9 Å². The van der Waals surface area contributed by atoms with Crippen LogP contribution in [0.15, 0.2) is 4.52 Å². The van der Waals surface area contributed by atoms with Crippen LogP contribution < -0.4 is 0 Å². The summed E-state index contributed by atoms with van der Waals surface area (Å²) in [6.07, 6.45) is 1.90. The number of nitrogens with zero attached hydrogens (tertiary/aromatic N) is 3. The standard InChI is InChI=1S/C12H13ClIN3O/c1-4-5-8-10(14)11(13)16-12(15-8)9-6(2)17-18-7(9)3/h4-5H2,1-3H3. The molecule has 0 aliphatic carbocycles. The van der Waals surface area contributed by atoms with Gasteiger partial charge in [0.15, 0.2) is 5.82 Å². The van der Waals surface area contributed by atoms with E-state index in [1.165, 1.54) is 0 Å². The van der Waals surface area contributed by atoms with E-state index in [-0.39, 0.29) is 0 Å². The van der Waals surface area contributed by atoms with Gasteiger partial charge in [-0.1, -0.05) is 30.1 Å². The van der Waals surface area contributed by atoms with E-state index in [9.17, 15) is 0 Å². The van der Waals surface area contributed by atoms with E-state index in [0.29, 0.717) is 16.7 Å². The van der Waals surface area contributed by atoms with Crippen LogP contribution in [0.1, 0.15) is 30.5 Å². The van der Waals surface area contributed by atoms with Crippen LogP contribution in [0.2, 0.25) is 5.15 Å². The molecule has 4 nitrogen and oxygen atoms in total. The first-order valence-corrected chi connectivity index (χ1v) is 7.15. The lowest BCUT2D eigenvalue weighted by molar-refractivity contribution is 0.393. The van der Waals surface area contributed by atoms with Crippen molar-refractivity contribution in [3.63, 3.8) is 0 Å². The van der Waals surface area contributed by atoms with Gasteiger partial charge >= 0.3 is 0 Å². The van der Waals surface area contributed by atoms with Gasteiger partial charge in [-0.05, 0) is 42.9 Å². The number of aromatic nitrogens is 3. The number of rotatable bonds is 3. The molecule has 0 N–H and O–H groups in total. The molecule has 2 aromatic rings. The number of aryl methyl sites for hydroxylation is 3. The van der Waals surface area contributed by atoms with Crippen molar-refractivity contribution in [1.82, 2.24) is 15.1 Å². The smallest absolute Gasteiger partial charge is 0.166 e. The molecular formula is C12H13ClIN3O. The molecule has 0 atom stereocenters. The van der Waals surface area contributed by atoms with Crippen LogP contribution in [0.4, 0.5) is 0 Å². The number of hydrogen-bond donors (Lipinski definition) is 0. The van der Waals surface area contributed by atoms with Crippen LogP contribution in [0.5, 0.6) is 0 Å². The summed E-state index contributed by atoms with van der Waals surface area (Å²) in [6, 6.07) is 0. The zero-order valence-corrected chi connectivity index (χ0v) is 13.3. The quantitative estimate of drug-likeness (QED) is 0.600. The molecular weight excluding hydrogens is 365 g/mol. The minimum absolute atomic E-state index is 0.490. The van der Waals surface area contributed by atoms with Crippen molar-refractivity contribution >= 4 is 34.2 Å². The minimum atomic E-state index is 0.490. The first-order valence-electron chi connectivity index (χ1n) is 5.69. The van der Waals surface area contributed by atoms with Crippen LogP contribution in [0.25, 0.3) is 11.4 Å². The van der Waals surface area contributed by atoms with Gasteiger partial charge in [-0.25, -0.2) is 9.97 Å². The fourth-order valence-electron chi connectivity index (χ4n) is 1.78. The predicted molar refractivity (Wildman–Crippen MR) is 78.7 cm³/mol. The summed E-state index contributed by atoms with van der Waals surface area (Å²) < 4.78 is 6.07. The summed E-state index contributed by atoms with van der Waals surface area (Å²) in [7, 11) is 0. The molecule has 0 spiro atoms. The highest BCUT2D eigenvalue weighted by molar-refractivity contribution is 14.1. The van der Waals surface area contributed by atoms with Gasteiger partial charge in [0.25, 0.3) is 0 Å². The molecule has 96 valence electrons. The molecule has 18 heavy (non-hydrogen) atoms. The van der Waals surface area contributed by atoms with Crippen LogP contribution in [0, 0.1) is 17.4 Å². The molecule has 2 rings (SSSR count). The van der Waals surface area contributed by atoms with Crippen molar-refractivity contribution in [2.24, 2.45) is 0 Å². The Morgan fingerprint density at radius 1 is 1.28 bits per heavy atom. The average molecular weight is 378 g/mol. The topological polar surface area (TPSA) is 51.8 Å². The zero-order valence-electron chi connectivity index (χ0n) is 10.4. The highest BCUT2D eigenvalue weighted by Gasteiger charge is 2.17. The molecule has 0 bridgehead atoms. The molecule has 2 heterocycles. The normalized spacial score (nSPS) is 10.9. The van der Waals surface area contributed by atoms with Gasteiger partial charge in [0.05, 0.1) is 20.5 Å². The van der Waals surface area contributed by atoms with E-state index in [0.717, 1.165) is 33.4 Å². The highest BCUT2D eigenvalue weighted by atomic mass is 127. The lowest BCUT2D eigenvalue weighted by atomic mass is 10.2. The number of hydrogen-bond acceptors (Lipinski definition) is 4. The van der Waals surface area contributed by atoms with Gasteiger partial charge in [0, 0.05) is 0 Å². The van der Waals surface area contributed by atoms with Crippen LogP contribution in [-0.4, -0.2) is 15.1 Å². The Balaban J connectivity index is 2.59. The average Bonchev–Trinajstić information content (AvgIpc) is 2.65. The third kappa shape index (κ3) is 2.51. The summed E-state index contributed by atoms with van der Waals surface area (Å²) in [6.45, 7) is 5.84. The summed E-state index contributed by atoms with van der Waals surface area (Å²) >= 11 is 8.35. The van der Waals surface area contributed by atoms with Crippen LogP contribution in [0.3, 0.4) is 0 Å². The van der Waals surface area contributed by atoms with Gasteiger partial charge in [-0.15, -0.1) is 0 Å². The first-order chi connectivity index (χ1) is 8.54. The van der Waals surface area contributed by atoms with E-state index in [1.54, 1.807) is 0 Å². The molecule has 0 fully saturated rings. The third-order valence-electron chi connectivity index (χ3n) is 2.62. The maximum absolute atomic E-state index is 6.17. The Hall–Kier alpha value is -0.690. The second kappa shape index (κ2) is 5.52. The van der Waals surface area contributed by atoms with E-state index < -0.39 is 0 Å². The summed E-state index contributed by atoms with van der Waals surface area (Å²) in [5.41, 5.74) is 2.60. The Labute approximate surface area is 124 Å². The van der Waals surface area contributed by atoms with Crippen molar-refractivity contribution < 1.29 is 4.52 Å². The lowest BCUT2D eigenvalue weighted by Gasteiger charge is -2.07. The maximum Gasteiger partial charge on any atom is 0.166 e. The largest absolute Gasteiger partial charge is 0.361 e. The van der Waals surface area contributed by atoms with E-state index >= 15 is 0 Å². The van der Waals surface area contributed by atoms with E-state index in [4.69, 9.17) is 16.1 Å². The van der Waals surface area contributed by atoms with Gasteiger partial charge in [-0.3, -0.25) is 0 Å². The van der Waals surface area contributed by atoms with Crippen LogP contribution >= 0.6 is 34.2 Å². The third-order valence-corrected chi connectivity index (χ3v) is 4.35. The van der Waals surface area contributed by atoms with E-state index in [1.807, 2.05) is 13.8 Å². The number of halogens is 2. The summed E-state index contributed by atoms with van der Waals surface area (Å²) in [4.78, 5) is 8.91. The van der Waals surface area contributed by atoms with Gasteiger partial charge in [0.1, 0.15) is 10.9 Å². The van der Waals surface area contributed by atoms with Gasteiger partial charge in [-0.2, -0.15) is 0 Å². The Morgan fingerprint density at radius 2 is 2.00 bits per heavy atom. The SMILES string of the molecule is CCCc1nc(-c2c(C)noc2C)nc(Cl)c1I. The van der Waals surface area contributed by atoms with Crippen molar-refractivity contribution in [1.29, 1.82) is 0 Å². The van der Waals surface area contributed by atoms with E-state index in [2.05, 4.69) is 44.6 Å². The minimum Gasteiger partial charge on any atom is -0.361 e. The monoisotopic (exact) mass is 377 g/mol. The second-order valence-corrected chi connectivity index (χ2v) is 5.48. The Bertz CT molecular complexity index is 563. The van der Waals surface area contributed by atoms with Gasteiger partial charge in [0.2, 0.25) is 0 Å². The molecule has 0 radical (unpaired) electrons. The Kier molecular flexibility index (Phi) is 4.21. The summed E-state index contributed by atoms with van der Waals surface area (Å²) in [5.74, 6) is 1.31. The molecule has 2 aromatic heterocycles. The fourth-order valence-corrected chi connectivity index (χ4v) is 2.48. The van der Waals surface area contributed by atoms with Crippen molar-refractivity contribution in [2.45, 2.75) is 33.6 Å². The zero-order chi connectivity index (χ0) is 13.3. The van der Waals surface area contributed by atoms with Crippen molar-refractivity contribution in [2.75, 3.05) is 0 Å². The summed E-state index contributed by atoms with van der Waals surface area (Å²) in [5, 5.41) is 4.41. The molecule has 0 aliphatic heterocycles. The predicted octanol–water partition coefficient (Wildman–Crippen LogP) is 3.96. The first kappa shape index (κ1) is 13.7. The molecule has 6 heteroatoms. The lowest BCUT2D eigenvalue weighted by Crippen LogP contribution is -2.01. The Morgan fingerprint density at radius 3 is 2.56 bits per heavy atom. The van der Waals surface area contributed by atoms with Crippen molar-refractivity contribution in [3.8, 4) is 11.4 Å². The maximum atomic E-state index is 6.17. The molecule has 0 saturated heterocycles. The molecule has 0 saturated carbocycles. The molecule has 0 aliphatic rings. The van der Waals surface area contributed by atoms with Gasteiger partial charge < -0.3 is 4.52 Å². The fraction of sp³-hybridized carbons (Fsp3) is 0.417. The molecule has 0 unspecified atom stereocenters. The highest BCUT2D eigenvalue weighted by Crippen LogP contribution is 2.28. The second-order valence-electron chi connectivity index (χ2n) is 4.05. The molecule has 0 amide bonds. The molecule has 0 aromatic carbocycles.